The summed E-state index contributed by atoms with van der Waals surface area (Å²) in [6.07, 6.45) is 3.25. The number of fused-ring (bicyclic) bond motifs is 1. The van der Waals surface area contributed by atoms with Crippen LogP contribution in [0.2, 0.25) is 15.1 Å². The molecule has 0 radical (unpaired) electrons. The summed E-state index contributed by atoms with van der Waals surface area (Å²) in [6.45, 7) is 6.61. The first-order valence-corrected chi connectivity index (χ1v) is 14.3. The number of carbonyl (C=O) groups excluding carboxylic acids is 2. The SMILES string of the molecule is CC(C)(C)C1CCC([C@H](NC(=O)c2cc3ccccc3cc2NC(=O)Nc2c(Cl)cc(Cl)cc2Cl)C(=O)O)CC1. The van der Waals surface area contributed by atoms with Crippen LogP contribution in [0.25, 0.3) is 10.8 Å². The average molecular weight is 605 g/mol. The highest BCUT2D eigenvalue weighted by Gasteiger charge is 2.36. The standard InChI is InChI=1S/C30H32Cl3N3O4/c1-30(2,3)19-10-8-16(9-11-19)25(28(38)39)35-27(37)21-12-17-6-4-5-7-18(17)13-24(21)34-29(40)36-26-22(32)14-20(31)15-23(26)33/h4-7,12-16,19,25H,8-11H2,1-3H3,(H,35,37)(H,38,39)(H2,34,36,40)/t16?,19?,25-/m0/s1. The third kappa shape index (κ3) is 7.00. The van der Waals surface area contributed by atoms with Crippen molar-refractivity contribution in [1.29, 1.82) is 0 Å². The van der Waals surface area contributed by atoms with Crippen LogP contribution in [0.5, 0.6) is 0 Å². The lowest BCUT2D eigenvalue weighted by atomic mass is 9.68. The highest BCUT2D eigenvalue weighted by atomic mass is 35.5. The van der Waals surface area contributed by atoms with Crippen LogP contribution in [0.3, 0.4) is 0 Å². The van der Waals surface area contributed by atoms with Gasteiger partial charge in [0.1, 0.15) is 6.04 Å². The number of rotatable bonds is 6. The number of urea groups is 1. The van der Waals surface area contributed by atoms with Gasteiger partial charge in [0.2, 0.25) is 0 Å². The quantitative estimate of drug-likeness (QED) is 0.226. The Morgan fingerprint density at radius 2 is 1.45 bits per heavy atom. The van der Waals surface area contributed by atoms with Crippen molar-refractivity contribution >= 4 is 74.9 Å². The van der Waals surface area contributed by atoms with Gasteiger partial charge in [-0.15, -0.1) is 0 Å². The highest BCUT2D eigenvalue weighted by molar-refractivity contribution is 6.42. The number of benzene rings is 3. The van der Waals surface area contributed by atoms with Gasteiger partial charge in [-0.1, -0.05) is 79.8 Å². The maximum absolute atomic E-state index is 13.6. The summed E-state index contributed by atoms with van der Waals surface area (Å²) in [5.41, 5.74) is 0.653. The second kappa shape index (κ2) is 12.2. The van der Waals surface area contributed by atoms with Crippen LogP contribution in [0.4, 0.5) is 16.2 Å². The Bertz CT molecular complexity index is 1420. The van der Waals surface area contributed by atoms with Crippen LogP contribution in [0, 0.1) is 17.3 Å². The predicted molar refractivity (Wildman–Crippen MR) is 162 cm³/mol. The molecule has 0 aliphatic heterocycles. The number of hydrogen-bond acceptors (Lipinski definition) is 3. The molecule has 0 aromatic heterocycles. The zero-order valence-corrected chi connectivity index (χ0v) is 24.8. The predicted octanol–water partition coefficient (Wildman–Crippen LogP) is 8.48. The molecule has 40 heavy (non-hydrogen) atoms. The van der Waals surface area contributed by atoms with E-state index in [2.05, 4.69) is 36.7 Å². The Morgan fingerprint density at radius 1 is 0.875 bits per heavy atom. The van der Waals surface area contributed by atoms with Crippen molar-refractivity contribution in [1.82, 2.24) is 5.32 Å². The Kier molecular flexibility index (Phi) is 9.18. The molecule has 0 heterocycles. The minimum absolute atomic E-state index is 0.136. The molecule has 0 spiro atoms. The lowest BCUT2D eigenvalue weighted by molar-refractivity contribution is -0.141. The fraction of sp³-hybridized carbons (Fsp3) is 0.367. The number of amides is 3. The lowest BCUT2D eigenvalue weighted by Gasteiger charge is -2.38. The van der Waals surface area contributed by atoms with Gasteiger partial charge in [0.15, 0.2) is 0 Å². The van der Waals surface area contributed by atoms with Gasteiger partial charge in [0, 0.05) is 5.02 Å². The fourth-order valence-electron chi connectivity index (χ4n) is 5.38. The molecule has 1 fully saturated rings. The van der Waals surface area contributed by atoms with E-state index in [1.807, 2.05) is 24.3 Å². The first-order valence-electron chi connectivity index (χ1n) is 13.1. The molecule has 10 heteroatoms. The molecular weight excluding hydrogens is 573 g/mol. The van der Waals surface area contributed by atoms with Gasteiger partial charge in [0.05, 0.1) is 27.0 Å². The number of carboxylic acids is 1. The molecule has 1 aliphatic carbocycles. The third-order valence-electron chi connectivity index (χ3n) is 7.64. The van der Waals surface area contributed by atoms with Gasteiger partial charge >= 0.3 is 12.0 Å². The molecule has 3 aromatic rings. The van der Waals surface area contributed by atoms with E-state index >= 15 is 0 Å². The van der Waals surface area contributed by atoms with E-state index in [4.69, 9.17) is 34.8 Å². The zero-order chi connectivity index (χ0) is 29.2. The molecule has 0 unspecified atom stereocenters. The van der Waals surface area contributed by atoms with Crippen LogP contribution in [0.1, 0.15) is 56.8 Å². The first-order chi connectivity index (χ1) is 18.8. The van der Waals surface area contributed by atoms with Crippen molar-refractivity contribution in [3.8, 4) is 0 Å². The number of carbonyl (C=O) groups is 3. The summed E-state index contributed by atoms with van der Waals surface area (Å²) in [5.74, 6) is -1.35. The zero-order valence-electron chi connectivity index (χ0n) is 22.5. The van der Waals surface area contributed by atoms with Crippen molar-refractivity contribution in [3.63, 3.8) is 0 Å². The van der Waals surface area contributed by atoms with E-state index in [9.17, 15) is 19.5 Å². The van der Waals surface area contributed by atoms with Gasteiger partial charge in [-0.05, 0) is 78.0 Å². The highest BCUT2D eigenvalue weighted by Crippen LogP contribution is 2.41. The number of halogens is 3. The van der Waals surface area contributed by atoms with E-state index in [1.54, 1.807) is 12.1 Å². The van der Waals surface area contributed by atoms with Crippen molar-refractivity contribution in [2.45, 2.75) is 52.5 Å². The van der Waals surface area contributed by atoms with E-state index in [1.165, 1.54) is 12.1 Å². The second-order valence-electron chi connectivity index (χ2n) is 11.3. The van der Waals surface area contributed by atoms with Crippen molar-refractivity contribution in [2.75, 3.05) is 10.6 Å². The summed E-state index contributed by atoms with van der Waals surface area (Å²) in [7, 11) is 0. The number of hydrogen-bond donors (Lipinski definition) is 4. The van der Waals surface area contributed by atoms with Crippen LogP contribution < -0.4 is 16.0 Å². The Morgan fingerprint density at radius 3 is 2.00 bits per heavy atom. The van der Waals surface area contributed by atoms with Crippen LogP contribution in [-0.2, 0) is 4.79 Å². The van der Waals surface area contributed by atoms with Crippen molar-refractivity contribution < 1.29 is 19.5 Å². The smallest absolute Gasteiger partial charge is 0.326 e. The lowest BCUT2D eigenvalue weighted by Crippen LogP contribution is -2.47. The molecule has 7 nitrogen and oxygen atoms in total. The monoisotopic (exact) mass is 603 g/mol. The van der Waals surface area contributed by atoms with Gasteiger partial charge in [-0.3, -0.25) is 4.79 Å². The minimum Gasteiger partial charge on any atom is -0.480 e. The molecule has 0 bridgehead atoms. The normalized spacial score (nSPS) is 18.1. The van der Waals surface area contributed by atoms with Crippen LogP contribution in [0.15, 0.2) is 48.5 Å². The molecule has 4 rings (SSSR count). The van der Waals surface area contributed by atoms with Crippen molar-refractivity contribution in [2.24, 2.45) is 17.3 Å². The van der Waals surface area contributed by atoms with Gasteiger partial charge in [0.25, 0.3) is 5.91 Å². The molecule has 212 valence electrons. The van der Waals surface area contributed by atoms with E-state index in [0.717, 1.165) is 23.6 Å². The van der Waals surface area contributed by atoms with Crippen LogP contribution >= 0.6 is 34.8 Å². The Balaban J connectivity index is 1.58. The maximum atomic E-state index is 13.6. The Labute approximate surface area is 248 Å². The maximum Gasteiger partial charge on any atom is 0.326 e. The third-order valence-corrected chi connectivity index (χ3v) is 8.46. The van der Waals surface area contributed by atoms with E-state index in [-0.39, 0.29) is 38.3 Å². The Hall–Kier alpha value is -3.00. The minimum atomic E-state index is -1.08. The first kappa shape index (κ1) is 30.0. The molecule has 1 saturated carbocycles. The van der Waals surface area contributed by atoms with E-state index < -0.39 is 23.9 Å². The molecule has 4 N–H and O–H groups in total. The molecule has 3 amide bonds. The summed E-state index contributed by atoms with van der Waals surface area (Å²) < 4.78 is 0. The molecule has 1 aliphatic rings. The molecule has 0 saturated heterocycles. The number of carboxylic acid groups (broad SMARTS) is 1. The largest absolute Gasteiger partial charge is 0.480 e. The number of nitrogens with one attached hydrogen (secondary N) is 3. The number of aliphatic carboxylic acids is 1. The number of anilines is 2. The van der Waals surface area contributed by atoms with Crippen LogP contribution in [-0.4, -0.2) is 29.1 Å². The second-order valence-corrected chi connectivity index (χ2v) is 12.6. The summed E-state index contributed by atoms with van der Waals surface area (Å²) >= 11 is 18.4. The topological polar surface area (TPSA) is 108 Å². The van der Waals surface area contributed by atoms with Gasteiger partial charge in [-0.25, -0.2) is 9.59 Å². The van der Waals surface area contributed by atoms with Crippen molar-refractivity contribution in [3.05, 3.63) is 69.2 Å². The molecular formula is C30H32Cl3N3O4. The summed E-state index contributed by atoms with van der Waals surface area (Å²) in [5, 5.41) is 20.2. The average Bonchev–Trinajstić information content (AvgIpc) is 2.88. The summed E-state index contributed by atoms with van der Waals surface area (Å²) in [6, 6.07) is 11.8. The summed E-state index contributed by atoms with van der Waals surface area (Å²) in [4.78, 5) is 38.8. The fourth-order valence-corrected chi connectivity index (χ4v) is 6.29. The van der Waals surface area contributed by atoms with Gasteiger partial charge < -0.3 is 21.1 Å². The molecule has 3 aromatic carbocycles. The molecule has 1 atom stereocenters. The van der Waals surface area contributed by atoms with Gasteiger partial charge in [-0.2, -0.15) is 0 Å². The van der Waals surface area contributed by atoms with E-state index in [0.29, 0.717) is 23.8 Å².